The molecule has 1 aliphatic rings. The number of hydrogen-bond donors (Lipinski definition) is 1. The van der Waals surface area contributed by atoms with Crippen molar-refractivity contribution in [2.45, 2.75) is 38.3 Å². The monoisotopic (exact) mass is 428 g/mol. The first kappa shape index (κ1) is 20.3. The van der Waals surface area contributed by atoms with Gasteiger partial charge in [-0.3, -0.25) is 9.36 Å². The first-order valence-corrected chi connectivity index (χ1v) is 10.3. The van der Waals surface area contributed by atoms with Gasteiger partial charge in [-0.05, 0) is 42.5 Å². The molecule has 0 saturated carbocycles. The smallest absolute Gasteiger partial charge is 0.346 e. The molecule has 0 spiro atoms. The Morgan fingerprint density at radius 3 is 2.80 bits per heavy atom. The Morgan fingerprint density at radius 1 is 1.23 bits per heavy atom. The summed E-state index contributed by atoms with van der Waals surface area (Å²) in [5.74, 6) is -0.551. The van der Waals surface area contributed by atoms with E-state index < -0.39 is 11.7 Å². The molecule has 2 heterocycles. The molecule has 1 atom stereocenters. The van der Waals surface area contributed by atoms with Gasteiger partial charge in [0.2, 0.25) is 5.91 Å². The van der Waals surface area contributed by atoms with Crippen LogP contribution in [0.25, 0.3) is 0 Å². The zero-order valence-corrected chi connectivity index (χ0v) is 17.1. The fraction of sp³-hybridized carbons (Fsp3) is 0.318. The quantitative estimate of drug-likeness (QED) is 0.655. The second-order valence-corrected chi connectivity index (χ2v) is 7.81. The lowest BCUT2D eigenvalue weighted by molar-refractivity contribution is -0.123. The maximum atomic E-state index is 13.3. The lowest BCUT2D eigenvalue weighted by Crippen LogP contribution is -2.36. The third-order valence-corrected chi connectivity index (χ3v) is 5.70. The summed E-state index contributed by atoms with van der Waals surface area (Å²) < 4.78 is 16.1. The Bertz CT molecular complexity index is 1110. The normalized spacial score (nSPS) is 15.6. The van der Waals surface area contributed by atoms with Gasteiger partial charge in [-0.2, -0.15) is 5.10 Å². The summed E-state index contributed by atoms with van der Waals surface area (Å²) in [6.45, 7) is 1.18. The Balaban J connectivity index is 1.48. The number of carbonyl (C=O) groups excluding carboxylic acids is 1. The number of halogens is 2. The van der Waals surface area contributed by atoms with Crippen LogP contribution < -0.4 is 11.0 Å². The van der Waals surface area contributed by atoms with E-state index in [1.54, 1.807) is 4.57 Å². The van der Waals surface area contributed by atoms with E-state index in [-0.39, 0.29) is 23.2 Å². The molecule has 8 heteroatoms. The number of rotatable bonds is 6. The molecule has 0 radical (unpaired) electrons. The fourth-order valence-electron chi connectivity index (χ4n) is 3.77. The van der Waals surface area contributed by atoms with Gasteiger partial charge in [0.1, 0.15) is 11.6 Å². The molecule has 30 heavy (non-hydrogen) atoms. The van der Waals surface area contributed by atoms with Crippen molar-refractivity contribution < 1.29 is 9.18 Å². The minimum absolute atomic E-state index is 0.121. The molecule has 1 unspecified atom stereocenters. The molecule has 4 rings (SSSR count). The number of nitrogens with zero attached hydrogens (tertiary/aromatic N) is 3. The topological polar surface area (TPSA) is 68.9 Å². The highest BCUT2D eigenvalue weighted by Gasteiger charge is 2.31. The van der Waals surface area contributed by atoms with E-state index in [0.29, 0.717) is 30.9 Å². The largest absolute Gasteiger partial charge is 0.355 e. The van der Waals surface area contributed by atoms with Crippen LogP contribution in [0.3, 0.4) is 0 Å². The van der Waals surface area contributed by atoms with Crippen molar-refractivity contribution in [3.8, 4) is 0 Å². The van der Waals surface area contributed by atoms with Crippen LogP contribution in [0.15, 0.2) is 53.3 Å². The standard InChI is InChI=1S/C22H22ClFN4O2/c23-19-13-17(24)9-8-16(19)14-28-22(30)27-12-4-7-18(20(27)26-28)21(29)25-11-10-15-5-2-1-3-6-15/h1-3,5-6,8-9,13,18H,4,7,10-12,14H2,(H,25,29). The van der Waals surface area contributed by atoms with Gasteiger partial charge in [0, 0.05) is 18.1 Å². The Kier molecular flexibility index (Phi) is 5.99. The van der Waals surface area contributed by atoms with E-state index >= 15 is 0 Å². The molecule has 0 saturated heterocycles. The molecule has 1 N–H and O–H groups in total. The van der Waals surface area contributed by atoms with Gasteiger partial charge in [0.05, 0.1) is 12.5 Å². The van der Waals surface area contributed by atoms with E-state index in [2.05, 4.69) is 10.4 Å². The number of aromatic nitrogens is 3. The molecule has 3 aromatic rings. The predicted molar refractivity (Wildman–Crippen MR) is 112 cm³/mol. The minimum Gasteiger partial charge on any atom is -0.355 e. The number of carbonyl (C=O) groups is 1. The molecule has 1 aliphatic heterocycles. The zero-order valence-electron chi connectivity index (χ0n) is 16.4. The van der Waals surface area contributed by atoms with Gasteiger partial charge in [-0.1, -0.05) is 48.0 Å². The van der Waals surface area contributed by atoms with Crippen LogP contribution in [0.1, 0.15) is 35.7 Å². The third-order valence-electron chi connectivity index (χ3n) is 5.35. The van der Waals surface area contributed by atoms with Crippen molar-refractivity contribution in [2.24, 2.45) is 0 Å². The van der Waals surface area contributed by atoms with Crippen LogP contribution in [0.4, 0.5) is 4.39 Å². The van der Waals surface area contributed by atoms with E-state index in [4.69, 9.17) is 11.6 Å². The zero-order chi connectivity index (χ0) is 21.1. The first-order valence-electron chi connectivity index (χ1n) is 9.96. The molecule has 6 nitrogen and oxygen atoms in total. The maximum absolute atomic E-state index is 13.3. The molecule has 0 bridgehead atoms. The summed E-state index contributed by atoms with van der Waals surface area (Å²) in [7, 11) is 0. The van der Waals surface area contributed by atoms with Gasteiger partial charge >= 0.3 is 5.69 Å². The van der Waals surface area contributed by atoms with E-state index in [0.717, 1.165) is 18.4 Å². The molecular weight excluding hydrogens is 407 g/mol. The highest BCUT2D eigenvalue weighted by Crippen LogP contribution is 2.25. The van der Waals surface area contributed by atoms with E-state index in [9.17, 15) is 14.0 Å². The molecular formula is C22H22ClFN4O2. The van der Waals surface area contributed by atoms with Crippen molar-refractivity contribution in [1.29, 1.82) is 0 Å². The molecule has 2 aromatic carbocycles. The highest BCUT2D eigenvalue weighted by atomic mass is 35.5. The van der Waals surface area contributed by atoms with E-state index in [1.807, 2.05) is 30.3 Å². The fourth-order valence-corrected chi connectivity index (χ4v) is 4.00. The summed E-state index contributed by atoms with van der Waals surface area (Å²) in [5, 5.41) is 7.64. The number of benzene rings is 2. The summed E-state index contributed by atoms with van der Waals surface area (Å²) >= 11 is 6.09. The van der Waals surface area contributed by atoms with Gasteiger partial charge in [0.15, 0.2) is 0 Å². The Morgan fingerprint density at radius 2 is 2.03 bits per heavy atom. The Labute approximate surface area is 178 Å². The van der Waals surface area contributed by atoms with Crippen LogP contribution in [0, 0.1) is 5.82 Å². The van der Waals surface area contributed by atoms with Crippen LogP contribution in [0.5, 0.6) is 0 Å². The molecule has 0 fully saturated rings. The van der Waals surface area contributed by atoms with Crippen molar-refractivity contribution in [1.82, 2.24) is 19.7 Å². The number of amides is 1. The minimum atomic E-state index is -0.466. The van der Waals surface area contributed by atoms with Crippen LogP contribution >= 0.6 is 11.6 Å². The third kappa shape index (κ3) is 4.31. The van der Waals surface area contributed by atoms with Crippen molar-refractivity contribution >= 4 is 17.5 Å². The van der Waals surface area contributed by atoms with Crippen molar-refractivity contribution in [3.05, 3.63) is 86.8 Å². The van der Waals surface area contributed by atoms with Crippen LogP contribution in [0.2, 0.25) is 5.02 Å². The summed E-state index contributed by atoms with van der Waals surface area (Å²) in [4.78, 5) is 25.6. The van der Waals surface area contributed by atoms with Crippen molar-refractivity contribution in [2.75, 3.05) is 6.54 Å². The average molecular weight is 429 g/mol. The predicted octanol–water partition coefficient (Wildman–Crippen LogP) is 3.12. The SMILES string of the molecule is O=C(NCCc1ccccc1)C1CCCn2c1nn(Cc1ccc(F)cc1Cl)c2=O. The van der Waals surface area contributed by atoms with Gasteiger partial charge < -0.3 is 5.32 Å². The van der Waals surface area contributed by atoms with Crippen LogP contribution in [-0.2, 0) is 24.3 Å². The lowest BCUT2D eigenvalue weighted by atomic mass is 9.98. The average Bonchev–Trinajstić information content (AvgIpc) is 3.06. The number of nitrogens with one attached hydrogen (secondary N) is 1. The van der Waals surface area contributed by atoms with E-state index in [1.165, 1.54) is 22.9 Å². The number of fused-ring (bicyclic) bond motifs is 1. The summed E-state index contributed by atoms with van der Waals surface area (Å²) in [6.07, 6.45) is 2.11. The maximum Gasteiger partial charge on any atom is 0.346 e. The van der Waals surface area contributed by atoms with Gasteiger partial charge in [-0.15, -0.1) is 0 Å². The molecule has 156 valence electrons. The second-order valence-electron chi connectivity index (χ2n) is 7.41. The van der Waals surface area contributed by atoms with Gasteiger partial charge in [-0.25, -0.2) is 13.9 Å². The Hall–Kier alpha value is -2.93. The van der Waals surface area contributed by atoms with Gasteiger partial charge in [0.25, 0.3) is 0 Å². The van der Waals surface area contributed by atoms with Crippen LogP contribution in [-0.4, -0.2) is 26.8 Å². The summed E-state index contributed by atoms with van der Waals surface area (Å²) in [5.41, 5.74) is 1.46. The molecule has 1 aromatic heterocycles. The lowest BCUT2D eigenvalue weighted by Gasteiger charge is -2.21. The van der Waals surface area contributed by atoms with Crippen molar-refractivity contribution in [3.63, 3.8) is 0 Å². The summed E-state index contributed by atoms with van der Waals surface area (Å²) in [6, 6.07) is 14.0. The number of hydrogen-bond acceptors (Lipinski definition) is 3. The molecule has 0 aliphatic carbocycles. The first-order chi connectivity index (χ1) is 14.5. The second kappa shape index (κ2) is 8.83. The highest BCUT2D eigenvalue weighted by molar-refractivity contribution is 6.31. The molecule has 1 amide bonds.